The number of hydrogen-bond donors (Lipinski definition) is 1. The van der Waals surface area contributed by atoms with Gasteiger partial charge in [-0.15, -0.1) is 0 Å². The Labute approximate surface area is 164 Å². The summed E-state index contributed by atoms with van der Waals surface area (Å²) in [5.41, 5.74) is 1.17. The Kier molecular flexibility index (Phi) is 5.24. The molecule has 140 valence electrons. The summed E-state index contributed by atoms with van der Waals surface area (Å²) in [5.74, 6) is 0.283. The van der Waals surface area contributed by atoms with Crippen LogP contribution in [0.25, 0.3) is 11.0 Å². The second-order valence-corrected chi connectivity index (χ2v) is 6.89. The van der Waals surface area contributed by atoms with Crippen LogP contribution in [0.15, 0.2) is 30.6 Å². The standard InChI is InChI=1S/C18H15Cl2FN4O2/c19-14-4-2-12-17(25-14)18(23-9-22-12)24-11-1-3-13(15(20)16(11)21)27-8-10-5-6-26-7-10/h1-4,9-10H,5-8H2,(H,22,23,24). The summed E-state index contributed by atoms with van der Waals surface area (Å²) >= 11 is 12.1. The maximum absolute atomic E-state index is 14.7. The molecule has 6 nitrogen and oxygen atoms in total. The fourth-order valence-electron chi connectivity index (χ4n) is 2.80. The smallest absolute Gasteiger partial charge is 0.169 e. The van der Waals surface area contributed by atoms with Gasteiger partial charge in [0.05, 0.1) is 24.4 Å². The van der Waals surface area contributed by atoms with Crippen LogP contribution in [0.5, 0.6) is 5.75 Å². The number of anilines is 2. The zero-order valence-electron chi connectivity index (χ0n) is 14.1. The van der Waals surface area contributed by atoms with Crippen LogP contribution in [-0.4, -0.2) is 34.8 Å². The van der Waals surface area contributed by atoms with Crippen LogP contribution in [0.1, 0.15) is 6.42 Å². The number of halogens is 3. The van der Waals surface area contributed by atoms with E-state index in [-0.39, 0.29) is 10.7 Å². The second kappa shape index (κ2) is 7.80. The zero-order chi connectivity index (χ0) is 18.8. The van der Waals surface area contributed by atoms with Gasteiger partial charge in [-0.3, -0.25) is 0 Å². The number of hydrogen-bond acceptors (Lipinski definition) is 6. The van der Waals surface area contributed by atoms with E-state index in [0.29, 0.717) is 46.9 Å². The van der Waals surface area contributed by atoms with Crippen molar-refractivity contribution >= 4 is 45.7 Å². The lowest BCUT2D eigenvalue weighted by molar-refractivity contribution is 0.167. The van der Waals surface area contributed by atoms with E-state index >= 15 is 0 Å². The van der Waals surface area contributed by atoms with E-state index < -0.39 is 5.82 Å². The summed E-state index contributed by atoms with van der Waals surface area (Å²) in [7, 11) is 0. The molecule has 1 fully saturated rings. The van der Waals surface area contributed by atoms with Gasteiger partial charge in [-0.1, -0.05) is 23.2 Å². The van der Waals surface area contributed by atoms with Gasteiger partial charge in [-0.05, 0) is 30.7 Å². The number of fused-ring (bicyclic) bond motifs is 1. The lowest BCUT2D eigenvalue weighted by atomic mass is 10.1. The van der Waals surface area contributed by atoms with Crippen molar-refractivity contribution < 1.29 is 13.9 Å². The molecule has 0 amide bonds. The summed E-state index contributed by atoms with van der Waals surface area (Å²) in [6.07, 6.45) is 2.29. The fraction of sp³-hybridized carbons (Fsp3) is 0.278. The summed E-state index contributed by atoms with van der Waals surface area (Å²) < 4.78 is 25.7. The lowest BCUT2D eigenvalue weighted by Gasteiger charge is -2.14. The van der Waals surface area contributed by atoms with E-state index in [9.17, 15) is 4.39 Å². The van der Waals surface area contributed by atoms with Gasteiger partial charge in [0, 0.05) is 12.5 Å². The largest absolute Gasteiger partial charge is 0.492 e. The number of rotatable bonds is 5. The maximum atomic E-state index is 14.7. The molecule has 4 rings (SSSR count). The maximum Gasteiger partial charge on any atom is 0.169 e. The highest BCUT2D eigenvalue weighted by Gasteiger charge is 2.19. The highest BCUT2D eigenvalue weighted by molar-refractivity contribution is 6.32. The van der Waals surface area contributed by atoms with Gasteiger partial charge in [0.15, 0.2) is 11.6 Å². The van der Waals surface area contributed by atoms with Crippen molar-refractivity contribution in [3.8, 4) is 5.75 Å². The Balaban J connectivity index is 1.58. The van der Waals surface area contributed by atoms with E-state index in [0.717, 1.165) is 13.0 Å². The van der Waals surface area contributed by atoms with Crippen LogP contribution in [0.3, 0.4) is 0 Å². The van der Waals surface area contributed by atoms with Crippen molar-refractivity contribution in [2.45, 2.75) is 6.42 Å². The van der Waals surface area contributed by atoms with E-state index in [4.69, 9.17) is 32.7 Å². The Morgan fingerprint density at radius 2 is 2.11 bits per heavy atom. The number of ether oxygens (including phenoxy) is 2. The predicted octanol–water partition coefficient (Wildman–Crippen LogP) is 4.63. The monoisotopic (exact) mass is 408 g/mol. The van der Waals surface area contributed by atoms with Crippen molar-refractivity contribution in [3.05, 3.63) is 46.6 Å². The van der Waals surface area contributed by atoms with Crippen LogP contribution in [0, 0.1) is 11.7 Å². The molecule has 2 aromatic heterocycles. The highest BCUT2D eigenvalue weighted by atomic mass is 35.5. The Bertz CT molecular complexity index is 983. The van der Waals surface area contributed by atoms with Gasteiger partial charge in [0.1, 0.15) is 27.8 Å². The predicted molar refractivity (Wildman–Crippen MR) is 101 cm³/mol. The molecule has 1 aliphatic rings. The Morgan fingerprint density at radius 3 is 2.93 bits per heavy atom. The minimum Gasteiger partial charge on any atom is -0.492 e. The van der Waals surface area contributed by atoms with Gasteiger partial charge in [0.2, 0.25) is 0 Å². The molecular weight excluding hydrogens is 394 g/mol. The molecule has 1 N–H and O–H groups in total. The summed E-state index contributed by atoms with van der Waals surface area (Å²) in [5, 5.41) is 3.10. The quantitative estimate of drug-likeness (QED) is 0.620. The first-order chi connectivity index (χ1) is 13.1. The summed E-state index contributed by atoms with van der Waals surface area (Å²) in [6, 6.07) is 6.50. The second-order valence-electron chi connectivity index (χ2n) is 6.13. The molecule has 3 aromatic rings. The Morgan fingerprint density at radius 1 is 1.22 bits per heavy atom. The molecule has 1 atom stereocenters. The van der Waals surface area contributed by atoms with E-state index in [1.165, 1.54) is 6.33 Å². The van der Waals surface area contributed by atoms with Crippen molar-refractivity contribution in [2.75, 3.05) is 25.1 Å². The SMILES string of the molecule is Fc1c(Nc2ncnc3ccc(Cl)nc23)ccc(OCC2CCOC2)c1Cl. The minimum absolute atomic E-state index is 0.0942. The molecule has 0 radical (unpaired) electrons. The highest BCUT2D eigenvalue weighted by Crippen LogP contribution is 2.34. The van der Waals surface area contributed by atoms with E-state index in [2.05, 4.69) is 20.3 Å². The van der Waals surface area contributed by atoms with Crippen molar-refractivity contribution in [2.24, 2.45) is 5.92 Å². The molecule has 1 aromatic carbocycles. The molecule has 9 heteroatoms. The van der Waals surface area contributed by atoms with Gasteiger partial charge < -0.3 is 14.8 Å². The Hall–Kier alpha value is -2.22. The van der Waals surface area contributed by atoms with Crippen LogP contribution < -0.4 is 10.1 Å². The molecule has 3 heterocycles. The van der Waals surface area contributed by atoms with E-state index in [1.54, 1.807) is 24.3 Å². The van der Waals surface area contributed by atoms with Crippen LogP contribution >= 0.6 is 23.2 Å². The molecule has 1 unspecified atom stereocenters. The molecule has 0 spiro atoms. The third kappa shape index (κ3) is 3.90. The molecular formula is C18H15Cl2FN4O2. The number of aromatic nitrogens is 3. The fourth-order valence-corrected chi connectivity index (χ4v) is 3.16. The van der Waals surface area contributed by atoms with Crippen molar-refractivity contribution in [1.29, 1.82) is 0 Å². The van der Waals surface area contributed by atoms with Crippen molar-refractivity contribution in [1.82, 2.24) is 15.0 Å². The molecule has 27 heavy (non-hydrogen) atoms. The first-order valence-electron chi connectivity index (χ1n) is 8.34. The molecule has 0 aliphatic carbocycles. The van der Waals surface area contributed by atoms with Gasteiger partial charge in [-0.25, -0.2) is 19.3 Å². The molecule has 0 bridgehead atoms. The average molecular weight is 409 g/mol. The topological polar surface area (TPSA) is 69.2 Å². The third-order valence-corrected chi connectivity index (χ3v) is 4.81. The lowest BCUT2D eigenvalue weighted by Crippen LogP contribution is -2.12. The number of benzene rings is 1. The number of nitrogens with zero attached hydrogens (tertiary/aromatic N) is 3. The van der Waals surface area contributed by atoms with Crippen molar-refractivity contribution in [3.63, 3.8) is 0 Å². The number of pyridine rings is 1. The summed E-state index contributed by atoms with van der Waals surface area (Å²) in [4.78, 5) is 12.4. The van der Waals surface area contributed by atoms with Crippen LogP contribution in [0.2, 0.25) is 10.2 Å². The van der Waals surface area contributed by atoms with Gasteiger partial charge >= 0.3 is 0 Å². The normalized spacial score (nSPS) is 16.6. The minimum atomic E-state index is -0.634. The molecule has 1 aliphatic heterocycles. The van der Waals surface area contributed by atoms with Gasteiger partial charge in [0.25, 0.3) is 0 Å². The van der Waals surface area contributed by atoms with Crippen LogP contribution in [0.4, 0.5) is 15.9 Å². The molecule has 0 saturated carbocycles. The first kappa shape index (κ1) is 18.2. The van der Waals surface area contributed by atoms with Crippen LogP contribution in [-0.2, 0) is 4.74 Å². The van der Waals surface area contributed by atoms with Gasteiger partial charge in [-0.2, -0.15) is 0 Å². The third-order valence-electron chi connectivity index (χ3n) is 4.25. The molecule has 1 saturated heterocycles. The summed E-state index contributed by atoms with van der Waals surface area (Å²) in [6.45, 7) is 1.81. The first-order valence-corrected chi connectivity index (χ1v) is 9.10. The number of nitrogens with one attached hydrogen (secondary N) is 1. The zero-order valence-corrected chi connectivity index (χ0v) is 15.6. The average Bonchev–Trinajstić information content (AvgIpc) is 3.19. The van der Waals surface area contributed by atoms with E-state index in [1.807, 2.05) is 0 Å².